The number of piperidine rings is 2. The molecule has 0 atom stereocenters. The number of pyridine rings is 2. The lowest BCUT2D eigenvalue weighted by Crippen LogP contribution is -2.45. The lowest BCUT2D eigenvalue weighted by molar-refractivity contribution is 0.0906. The number of amides is 2. The normalized spacial score (nSPS) is 16.4. The lowest BCUT2D eigenvalue weighted by Gasteiger charge is -2.34. The Balaban J connectivity index is 0.946. The summed E-state index contributed by atoms with van der Waals surface area (Å²) >= 11 is 6.66. The predicted octanol–water partition coefficient (Wildman–Crippen LogP) is 5.59. The van der Waals surface area contributed by atoms with Gasteiger partial charge in [0.25, 0.3) is 11.8 Å². The fraction of sp³-hybridized carbons (Fsp3) is 0.314. The molecule has 4 aromatic rings. The molecule has 9 heteroatoms. The zero-order valence-electron chi connectivity index (χ0n) is 24.7. The highest BCUT2D eigenvalue weighted by atomic mass is 35.5. The maximum absolute atomic E-state index is 13.1. The molecule has 2 amide bonds. The number of benzene rings is 2. The molecular formula is C35H37ClN6O2. The Kier molecular flexibility index (Phi) is 9.48. The highest BCUT2D eigenvalue weighted by Gasteiger charge is 2.24. The molecule has 2 saturated heterocycles. The first kappa shape index (κ1) is 29.8. The Morgan fingerprint density at radius 3 is 2.14 bits per heavy atom. The van der Waals surface area contributed by atoms with E-state index >= 15 is 0 Å². The van der Waals surface area contributed by atoms with Crippen LogP contribution >= 0.6 is 11.6 Å². The number of carbonyl (C=O) groups is 2. The molecule has 6 rings (SSSR count). The third-order valence-electron chi connectivity index (χ3n) is 8.56. The van der Waals surface area contributed by atoms with E-state index in [0.29, 0.717) is 16.1 Å². The van der Waals surface area contributed by atoms with Gasteiger partial charge in [-0.05, 0) is 73.2 Å². The second kappa shape index (κ2) is 14.0. The van der Waals surface area contributed by atoms with Gasteiger partial charge >= 0.3 is 0 Å². The van der Waals surface area contributed by atoms with E-state index in [1.165, 1.54) is 5.56 Å². The minimum absolute atomic E-state index is 0.00548. The van der Waals surface area contributed by atoms with E-state index in [1.54, 1.807) is 18.5 Å². The molecule has 8 nitrogen and oxygen atoms in total. The molecule has 2 aromatic heterocycles. The van der Waals surface area contributed by atoms with Crippen molar-refractivity contribution in [2.45, 2.75) is 44.3 Å². The van der Waals surface area contributed by atoms with E-state index in [1.807, 2.05) is 60.8 Å². The van der Waals surface area contributed by atoms with Crippen LogP contribution in [0.5, 0.6) is 0 Å². The lowest BCUT2D eigenvalue weighted by atomic mass is 10.0. The summed E-state index contributed by atoms with van der Waals surface area (Å²) in [4.78, 5) is 39.2. The van der Waals surface area contributed by atoms with Crippen LogP contribution in [0.1, 0.15) is 52.0 Å². The van der Waals surface area contributed by atoms with Gasteiger partial charge in [0.15, 0.2) is 0 Å². The van der Waals surface area contributed by atoms with Crippen molar-refractivity contribution in [2.75, 3.05) is 31.1 Å². The molecule has 0 aliphatic carbocycles. The Hall–Kier alpha value is -4.27. The molecule has 2 aromatic carbocycles. The van der Waals surface area contributed by atoms with Gasteiger partial charge in [-0.1, -0.05) is 48.0 Å². The van der Waals surface area contributed by atoms with Gasteiger partial charge in [0, 0.05) is 74.5 Å². The van der Waals surface area contributed by atoms with Crippen LogP contribution < -0.4 is 15.5 Å². The third kappa shape index (κ3) is 7.26. The summed E-state index contributed by atoms with van der Waals surface area (Å²) in [7, 11) is 0. The second-order valence-corrected chi connectivity index (χ2v) is 11.9. The molecule has 44 heavy (non-hydrogen) atoms. The van der Waals surface area contributed by atoms with Crippen molar-refractivity contribution in [3.63, 3.8) is 0 Å². The van der Waals surface area contributed by atoms with Crippen LogP contribution in [0.15, 0.2) is 91.4 Å². The number of rotatable bonds is 8. The van der Waals surface area contributed by atoms with Gasteiger partial charge in [-0.2, -0.15) is 0 Å². The zero-order valence-corrected chi connectivity index (χ0v) is 25.4. The number of carbonyl (C=O) groups excluding carboxylic acids is 2. The highest BCUT2D eigenvalue weighted by molar-refractivity contribution is 6.36. The van der Waals surface area contributed by atoms with Crippen molar-refractivity contribution in [1.82, 2.24) is 25.5 Å². The second-order valence-electron chi connectivity index (χ2n) is 11.6. The molecule has 2 aliphatic rings. The Morgan fingerprint density at radius 1 is 0.773 bits per heavy atom. The number of nitrogens with zero attached hydrogens (tertiary/aromatic N) is 4. The SMILES string of the molecule is O=C(NC1CCN(c2ccc(CN3CCC(NC(=O)c4cccc(-c5ccncc5)c4Cl)CC3)cn2)CC1)c1ccccc1. The van der Waals surface area contributed by atoms with Crippen LogP contribution in [0, 0.1) is 0 Å². The maximum atomic E-state index is 13.1. The first-order valence-electron chi connectivity index (χ1n) is 15.3. The van der Waals surface area contributed by atoms with Crippen LogP contribution in [0.4, 0.5) is 5.82 Å². The van der Waals surface area contributed by atoms with Crippen LogP contribution in [0.2, 0.25) is 5.02 Å². The Bertz CT molecular complexity index is 1550. The van der Waals surface area contributed by atoms with E-state index in [4.69, 9.17) is 16.6 Å². The van der Waals surface area contributed by atoms with Gasteiger partial charge in [0.1, 0.15) is 5.82 Å². The summed E-state index contributed by atoms with van der Waals surface area (Å²) < 4.78 is 0. The average Bonchev–Trinajstić information content (AvgIpc) is 3.07. The first-order valence-corrected chi connectivity index (χ1v) is 15.7. The molecule has 0 unspecified atom stereocenters. The van der Waals surface area contributed by atoms with Crippen molar-refractivity contribution >= 4 is 29.2 Å². The molecule has 2 aliphatic heterocycles. The predicted molar refractivity (Wildman–Crippen MR) is 174 cm³/mol. The van der Waals surface area contributed by atoms with Crippen LogP contribution in [0.25, 0.3) is 11.1 Å². The molecular weight excluding hydrogens is 572 g/mol. The van der Waals surface area contributed by atoms with Crippen molar-refractivity contribution in [1.29, 1.82) is 0 Å². The molecule has 2 fully saturated rings. The summed E-state index contributed by atoms with van der Waals surface area (Å²) in [5.41, 5.74) is 4.14. The fourth-order valence-electron chi connectivity index (χ4n) is 6.03. The smallest absolute Gasteiger partial charge is 0.253 e. The Morgan fingerprint density at radius 2 is 1.45 bits per heavy atom. The number of likely N-dealkylation sites (tertiary alicyclic amines) is 1. The van der Waals surface area contributed by atoms with Crippen molar-refractivity contribution in [2.24, 2.45) is 0 Å². The molecule has 0 spiro atoms. The largest absolute Gasteiger partial charge is 0.356 e. The monoisotopic (exact) mass is 608 g/mol. The number of hydrogen-bond donors (Lipinski definition) is 2. The maximum Gasteiger partial charge on any atom is 0.253 e. The van der Waals surface area contributed by atoms with Crippen molar-refractivity contribution < 1.29 is 9.59 Å². The quantitative estimate of drug-likeness (QED) is 0.271. The average molecular weight is 609 g/mol. The van der Waals surface area contributed by atoms with Gasteiger partial charge < -0.3 is 15.5 Å². The number of hydrogen-bond acceptors (Lipinski definition) is 6. The number of anilines is 1. The minimum atomic E-state index is -0.133. The number of halogens is 1. The van der Waals surface area contributed by atoms with Crippen LogP contribution in [-0.2, 0) is 6.54 Å². The van der Waals surface area contributed by atoms with E-state index in [-0.39, 0.29) is 23.9 Å². The van der Waals surface area contributed by atoms with E-state index in [9.17, 15) is 9.59 Å². The van der Waals surface area contributed by atoms with Gasteiger partial charge in [-0.25, -0.2) is 4.98 Å². The molecule has 2 N–H and O–H groups in total. The number of nitrogens with one attached hydrogen (secondary N) is 2. The summed E-state index contributed by atoms with van der Waals surface area (Å²) in [6.45, 7) is 4.37. The molecule has 0 saturated carbocycles. The van der Waals surface area contributed by atoms with Crippen molar-refractivity contribution in [3.05, 3.63) is 113 Å². The van der Waals surface area contributed by atoms with Crippen LogP contribution in [0.3, 0.4) is 0 Å². The van der Waals surface area contributed by atoms with Crippen LogP contribution in [-0.4, -0.2) is 64.9 Å². The summed E-state index contributed by atoms with van der Waals surface area (Å²) in [6, 6.07) is 23.3. The highest BCUT2D eigenvalue weighted by Crippen LogP contribution is 2.30. The molecule has 0 bridgehead atoms. The van der Waals surface area contributed by atoms with Gasteiger partial charge in [-0.15, -0.1) is 0 Å². The summed E-state index contributed by atoms with van der Waals surface area (Å²) in [5.74, 6) is 0.843. The van der Waals surface area contributed by atoms with Gasteiger partial charge in [-0.3, -0.25) is 19.5 Å². The third-order valence-corrected chi connectivity index (χ3v) is 8.97. The van der Waals surface area contributed by atoms with Crippen molar-refractivity contribution in [3.8, 4) is 11.1 Å². The molecule has 226 valence electrons. The van der Waals surface area contributed by atoms with Gasteiger partial charge in [0.2, 0.25) is 0 Å². The Labute approximate surface area is 263 Å². The summed E-state index contributed by atoms with van der Waals surface area (Å²) in [6.07, 6.45) is 8.98. The summed E-state index contributed by atoms with van der Waals surface area (Å²) in [5, 5.41) is 6.83. The van der Waals surface area contributed by atoms with E-state index < -0.39 is 0 Å². The first-order chi connectivity index (χ1) is 21.5. The van der Waals surface area contributed by atoms with E-state index in [2.05, 4.69) is 37.6 Å². The van der Waals surface area contributed by atoms with Gasteiger partial charge in [0.05, 0.1) is 10.6 Å². The standard InChI is InChI=1S/C35H37ClN6O2/c36-33-30(26-11-17-37-18-12-26)7-4-8-31(33)35(44)40-28-13-19-41(20-14-28)24-25-9-10-32(38-23-25)42-21-15-29(16-22-42)39-34(43)27-5-2-1-3-6-27/h1-12,17-18,23,28-29H,13-16,19-22,24H2,(H,39,43)(H,40,44). The zero-order chi connectivity index (χ0) is 30.3. The minimum Gasteiger partial charge on any atom is -0.356 e. The number of aromatic nitrogens is 2. The molecule has 4 heterocycles. The fourth-order valence-corrected chi connectivity index (χ4v) is 6.35. The van der Waals surface area contributed by atoms with E-state index in [0.717, 1.165) is 75.4 Å². The topological polar surface area (TPSA) is 90.5 Å². The molecule has 0 radical (unpaired) electrons.